The molecule has 1 aromatic carbocycles. The molecule has 0 atom stereocenters. The van der Waals surface area contributed by atoms with E-state index in [4.69, 9.17) is 5.11 Å². The van der Waals surface area contributed by atoms with Crippen molar-refractivity contribution in [1.29, 1.82) is 0 Å². The van der Waals surface area contributed by atoms with Gasteiger partial charge in [0.1, 0.15) is 0 Å². The molecule has 0 radical (unpaired) electrons. The van der Waals surface area contributed by atoms with Gasteiger partial charge in [0.05, 0.1) is 12.4 Å². The van der Waals surface area contributed by atoms with Crippen LogP contribution in [-0.2, 0) is 10.0 Å². The molecule has 0 amide bonds. The summed E-state index contributed by atoms with van der Waals surface area (Å²) in [5.41, 5.74) is 2.54. The van der Waals surface area contributed by atoms with Gasteiger partial charge in [-0.2, -0.15) is 0 Å². The van der Waals surface area contributed by atoms with Crippen LogP contribution in [0.4, 0.5) is 5.69 Å². The Hall–Kier alpha value is -1.07. The van der Waals surface area contributed by atoms with Gasteiger partial charge in [-0.05, 0) is 37.1 Å². The van der Waals surface area contributed by atoms with Crippen molar-refractivity contribution in [2.75, 3.05) is 17.1 Å². The monoisotopic (exact) mass is 229 g/mol. The number of sulfonamides is 1. The lowest BCUT2D eigenvalue weighted by molar-refractivity contribution is 0.320. The Morgan fingerprint density at radius 1 is 1.20 bits per heavy atom. The highest BCUT2D eigenvalue weighted by Crippen LogP contribution is 2.15. The van der Waals surface area contributed by atoms with E-state index in [9.17, 15) is 8.42 Å². The van der Waals surface area contributed by atoms with Gasteiger partial charge < -0.3 is 5.11 Å². The van der Waals surface area contributed by atoms with Crippen LogP contribution in [0.15, 0.2) is 18.2 Å². The number of aliphatic hydroxyl groups is 1. The molecule has 0 saturated heterocycles. The van der Waals surface area contributed by atoms with Crippen LogP contribution < -0.4 is 4.72 Å². The first kappa shape index (κ1) is 12.0. The molecule has 15 heavy (non-hydrogen) atoms. The van der Waals surface area contributed by atoms with Crippen LogP contribution in [0.3, 0.4) is 0 Å². The zero-order valence-electron chi connectivity index (χ0n) is 8.82. The van der Waals surface area contributed by atoms with E-state index in [2.05, 4.69) is 4.72 Å². The zero-order chi connectivity index (χ0) is 11.5. The molecule has 2 N–H and O–H groups in total. The normalized spacial score (nSPS) is 11.4. The minimum Gasteiger partial charge on any atom is -0.395 e. The van der Waals surface area contributed by atoms with E-state index in [1.807, 2.05) is 19.9 Å². The van der Waals surface area contributed by atoms with Gasteiger partial charge >= 0.3 is 0 Å². The molecule has 5 heteroatoms. The molecule has 0 unspecified atom stereocenters. The van der Waals surface area contributed by atoms with Crippen molar-refractivity contribution in [2.24, 2.45) is 0 Å². The lowest BCUT2D eigenvalue weighted by Gasteiger charge is -2.08. The average Bonchev–Trinajstić information content (AvgIpc) is 1.99. The molecule has 0 aliphatic carbocycles. The Balaban J connectivity index is 2.90. The molecule has 1 rings (SSSR count). The van der Waals surface area contributed by atoms with Gasteiger partial charge in [-0.25, -0.2) is 8.42 Å². The van der Waals surface area contributed by atoms with Gasteiger partial charge in [-0.15, -0.1) is 0 Å². The van der Waals surface area contributed by atoms with Gasteiger partial charge in [0.25, 0.3) is 0 Å². The Labute approximate surface area is 90.0 Å². The minimum absolute atomic E-state index is 0.278. The summed E-state index contributed by atoms with van der Waals surface area (Å²) in [6.45, 7) is 3.42. The summed E-state index contributed by atoms with van der Waals surface area (Å²) in [6.07, 6.45) is 0. The second kappa shape index (κ2) is 4.63. The second-order valence-electron chi connectivity index (χ2n) is 3.52. The standard InChI is InChI=1S/C10H15NO3S/c1-8-5-9(2)7-10(6-8)11-15(13,14)4-3-12/h5-7,11-12H,3-4H2,1-2H3. The van der Waals surface area contributed by atoms with E-state index in [0.29, 0.717) is 5.69 Å². The zero-order valence-corrected chi connectivity index (χ0v) is 9.63. The molecule has 0 fully saturated rings. The van der Waals surface area contributed by atoms with Crippen LogP contribution >= 0.6 is 0 Å². The highest BCUT2D eigenvalue weighted by atomic mass is 32.2. The summed E-state index contributed by atoms with van der Waals surface area (Å²) in [7, 11) is -3.42. The maximum Gasteiger partial charge on any atom is 0.234 e. The predicted octanol–water partition coefficient (Wildman–Crippen LogP) is 1.04. The van der Waals surface area contributed by atoms with Crippen LogP contribution in [0.1, 0.15) is 11.1 Å². The number of aryl methyl sites for hydroxylation is 2. The maximum atomic E-state index is 11.4. The van der Waals surface area contributed by atoms with Gasteiger partial charge in [0.15, 0.2) is 0 Å². The van der Waals surface area contributed by atoms with E-state index in [1.54, 1.807) is 12.1 Å². The first-order valence-electron chi connectivity index (χ1n) is 4.62. The molecule has 4 nitrogen and oxygen atoms in total. The van der Waals surface area contributed by atoms with Crippen molar-refractivity contribution in [3.8, 4) is 0 Å². The highest BCUT2D eigenvalue weighted by molar-refractivity contribution is 7.92. The summed E-state index contributed by atoms with van der Waals surface area (Å²) in [5.74, 6) is -0.278. The number of benzene rings is 1. The molecule has 1 aromatic rings. The van der Waals surface area contributed by atoms with Crippen LogP contribution in [0.25, 0.3) is 0 Å². The largest absolute Gasteiger partial charge is 0.395 e. The Kier molecular flexibility index (Phi) is 3.71. The molecule has 0 aliphatic rings. The fourth-order valence-corrected chi connectivity index (χ4v) is 2.20. The number of rotatable bonds is 4. The Morgan fingerprint density at radius 3 is 2.20 bits per heavy atom. The van der Waals surface area contributed by atoms with Crippen molar-refractivity contribution in [2.45, 2.75) is 13.8 Å². The van der Waals surface area contributed by atoms with Gasteiger partial charge in [0, 0.05) is 5.69 Å². The lowest BCUT2D eigenvalue weighted by Crippen LogP contribution is -2.18. The predicted molar refractivity (Wildman–Crippen MR) is 60.4 cm³/mol. The van der Waals surface area contributed by atoms with Crippen molar-refractivity contribution >= 4 is 15.7 Å². The van der Waals surface area contributed by atoms with Crippen molar-refractivity contribution in [1.82, 2.24) is 0 Å². The third-order valence-electron chi connectivity index (χ3n) is 1.86. The van der Waals surface area contributed by atoms with Crippen molar-refractivity contribution in [3.63, 3.8) is 0 Å². The maximum absolute atomic E-state index is 11.4. The summed E-state index contributed by atoms with van der Waals surface area (Å²) in [4.78, 5) is 0. The quantitative estimate of drug-likeness (QED) is 0.810. The summed E-state index contributed by atoms with van der Waals surface area (Å²) in [6, 6.07) is 5.47. The van der Waals surface area contributed by atoms with E-state index in [1.165, 1.54) is 0 Å². The third-order valence-corrected chi connectivity index (χ3v) is 3.12. The van der Waals surface area contributed by atoms with Crippen LogP contribution in [0.5, 0.6) is 0 Å². The SMILES string of the molecule is Cc1cc(C)cc(NS(=O)(=O)CCO)c1. The summed E-state index contributed by atoms with van der Waals surface area (Å²) >= 11 is 0. The molecular weight excluding hydrogens is 214 g/mol. The number of anilines is 1. The molecule has 0 spiro atoms. The highest BCUT2D eigenvalue weighted by Gasteiger charge is 2.09. The lowest BCUT2D eigenvalue weighted by atomic mass is 10.1. The third kappa shape index (κ3) is 3.89. The van der Waals surface area contributed by atoms with Crippen LogP contribution in [0, 0.1) is 13.8 Å². The first-order valence-corrected chi connectivity index (χ1v) is 6.28. The average molecular weight is 229 g/mol. The summed E-state index contributed by atoms with van der Waals surface area (Å²) in [5, 5.41) is 8.57. The molecule has 0 bridgehead atoms. The van der Waals surface area contributed by atoms with E-state index in [0.717, 1.165) is 11.1 Å². The fraction of sp³-hybridized carbons (Fsp3) is 0.400. The second-order valence-corrected chi connectivity index (χ2v) is 5.36. The van der Waals surface area contributed by atoms with Crippen molar-refractivity contribution in [3.05, 3.63) is 29.3 Å². The van der Waals surface area contributed by atoms with Gasteiger partial charge in [-0.3, -0.25) is 4.72 Å². The number of aliphatic hydroxyl groups excluding tert-OH is 1. The van der Waals surface area contributed by atoms with Gasteiger partial charge in [-0.1, -0.05) is 6.07 Å². The van der Waals surface area contributed by atoms with Crippen molar-refractivity contribution < 1.29 is 13.5 Å². The smallest absolute Gasteiger partial charge is 0.234 e. The van der Waals surface area contributed by atoms with E-state index in [-0.39, 0.29) is 12.4 Å². The molecule has 0 heterocycles. The molecular formula is C10H15NO3S. The molecule has 0 aliphatic heterocycles. The first-order chi connectivity index (χ1) is 6.93. The van der Waals surface area contributed by atoms with Crippen LogP contribution in [0.2, 0.25) is 0 Å². The molecule has 84 valence electrons. The number of hydrogen-bond donors (Lipinski definition) is 2. The topological polar surface area (TPSA) is 66.4 Å². The minimum atomic E-state index is -3.42. The number of nitrogens with one attached hydrogen (secondary N) is 1. The molecule has 0 saturated carbocycles. The number of hydrogen-bond acceptors (Lipinski definition) is 3. The Bertz CT molecular complexity index is 420. The molecule has 0 aromatic heterocycles. The summed E-state index contributed by atoms with van der Waals surface area (Å²) < 4.78 is 25.1. The van der Waals surface area contributed by atoms with E-state index >= 15 is 0 Å². The van der Waals surface area contributed by atoms with E-state index < -0.39 is 10.0 Å². The fourth-order valence-electron chi connectivity index (χ4n) is 1.38. The van der Waals surface area contributed by atoms with Gasteiger partial charge in [0.2, 0.25) is 10.0 Å². The Morgan fingerprint density at radius 2 is 1.73 bits per heavy atom. The van der Waals surface area contributed by atoms with Crippen LogP contribution in [-0.4, -0.2) is 25.9 Å².